The summed E-state index contributed by atoms with van der Waals surface area (Å²) in [4.78, 5) is 14.2. The Balaban J connectivity index is 2.15. The van der Waals surface area contributed by atoms with Crippen molar-refractivity contribution in [2.45, 2.75) is 58.0 Å². The molecule has 2 unspecified atom stereocenters. The Morgan fingerprint density at radius 2 is 1.79 bits per heavy atom. The maximum absolute atomic E-state index is 11.8. The highest BCUT2D eigenvalue weighted by atomic mass is 16.3. The highest BCUT2D eigenvalue weighted by Gasteiger charge is 2.15. The fourth-order valence-electron chi connectivity index (χ4n) is 2.53. The third kappa shape index (κ3) is 7.38. The summed E-state index contributed by atoms with van der Waals surface area (Å²) in [6.45, 7) is 7.43. The lowest BCUT2D eigenvalue weighted by Gasteiger charge is -2.29. The molecule has 112 valence electrons. The smallest absolute Gasteiger partial charge is 0.315 e. The molecule has 1 rings (SSSR count). The molecule has 0 aromatic heterocycles. The molecule has 0 aliphatic carbocycles. The second-order valence-electron chi connectivity index (χ2n) is 5.65. The molecule has 19 heavy (non-hydrogen) atoms. The van der Waals surface area contributed by atoms with Crippen LogP contribution >= 0.6 is 0 Å². The van der Waals surface area contributed by atoms with Gasteiger partial charge in [0.25, 0.3) is 0 Å². The van der Waals surface area contributed by atoms with Crippen molar-refractivity contribution in [2.24, 2.45) is 0 Å². The number of piperidine rings is 1. The Morgan fingerprint density at radius 3 is 2.42 bits per heavy atom. The summed E-state index contributed by atoms with van der Waals surface area (Å²) >= 11 is 0. The van der Waals surface area contributed by atoms with Crippen molar-refractivity contribution in [1.29, 1.82) is 0 Å². The highest BCUT2D eigenvalue weighted by molar-refractivity contribution is 5.74. The van der Waals surface area contributed by atoms with E-state index < -0.39 is 0 Å². The van der Waals surface area contributed by atoms with Gasteiger partial charge in [-0.05, 0) is 52.6 Å². The monoisotopic (exact) mass is 271 g/mol. The van der Waals surface area contributed by atoms with Crippen molar-refractivity contribution in [3.63, 3.8) is 0 Å². The number of hydrogen-bond acceptors (Lipinski definition) is 3. The molecule has 0 saturated carbocycles. The van der Waals surface area contributed by atoms with Gasteiger partial charge < -0.3 is 20.6 Å². The number of nitrogens with zero attached hydrogens (tertiary/aromatic N) is 1. The number of carbonyl (C=O) groups excluding carboxylic acids is 1. The summed E-state index contributed by atoms with van der Waals surface area (Å²) in [7, 11) is 0. The summed E-state index contributed by atoms with van der Waals surface area (Å²) in [5.74, 6) is 0. The lowest BCUT2D eigenvalue weighted by Crippen LogP contribution is -2.49. The molecule has 0 aromatic rings. The van der Waals surface area contributed by atoms with Gasteiger partial charge in [0, 0.05) is 25.2 Å². The minimum absolute atomic E-state index is 0.102. The van der Waals surface area contributed by atoms with Gasteiger partial charge in [0.2, 0.25) is 0 Å². The minimum atomic E-state index is -0.102. The standard InChI is InChI=1S/C14H29N3O2/c1-12(7-6-10-18)15-14(19)16-13(2)11-17-8-4-3-5-9-17/h12-13,18H,3-11H2,1-2H3,(H2,15,16,19). The normalized spacial score (nSPS) is 19.7. The van der Waals surface area contributed by atoms with Crippen LogP contribution in [0.4, 0.5) is 4.79 Å². The molecule has 0 aromatic carbocycles. The van der Waals surface area contributed by atoms with Crippen LogP contribution < -0.4 is 10.6 Å². The van der Waals surface area contributed by atoms with Gasteiger partial charge in [-0.2, -0.15) is 0 Å². The van der Waals surface area contributed by atoms with E-state index in [0.29, 0.717) is 0 Å². The van der Waals surface area contributed by atoms with Crippen LogP contribution in [-0.2, 0) is 0 Å². The summed E-state index contributed by atoms with van der Waals surface area (Å²) < 4.78 is 0. The Kier molecular flexibility index (Phi) is 7.82. The molecule has 2 atom stereocenters. The molecule has 3 N–H and O–H groups in total. The van der Waals surface area contributed by atoms with E-state index in [0.717, 1.165) is 32.5 Å². The Morgan fingerprint density at radius 1 is 1.16 bits per heavy atom. The van der Waals surface area contributed by atoms with Gasteiger partial charge in [0.1, 0.15) is 0 Å². The zero-order valence-electron chi connectivity index (χ0n) is 12.3. The van der Waals surface area contributed by atoms with E-state index in [1.54, 1.807) is 0 Å². The summed E-state index contributed by atoms with van der Waals surface area (Å²) in [5.41, 5.74) is 0. The van der Waals surface area contributed by atoms with Crippen molar-refractivity contribution in [3.05, 3.63) is 0 Å². The van der Waals surface area contributed by atoms with E-state index in [9.17, 15) is 4.79 Å². The largest absolute Gasteiger partial charge is 0.396 e. The molecule has 5 nitrogen and oxygen atoms in total. The first-order valence-corrected chi connectivity index (χ1v) is 7.52. The van der Waals surface area contributed by atoms with Crippen LogP contribution in [-0.4, -0.2) is 54.4 Å². The van der Waals surface area contributed by atoms with Crippen molar-refractivity contribution < 1.29 is 9.90 Å². The molecule has 0 spiro atoms. The van der Waals surface area contributed by atoms with Crippen LogP contribution in [0.25, 0.3) is 0 Å². The zero-order valence-corrected chi connectivity index (χ0v) is 12.3. The van der Waals surface area contributed by atoms with Crippen molar-refractivity contribution in [3.8, 4) is 0 Å². The van der Waals surface area contributed by atoms with Gasteiger partial charge in [0.15, 0.2) is 0 Å². The average molecular weight is 271 g/mol. The Labute approximate surface area is 116 Å². The Bertz CT molecular complexity index is 255. The maximum Gasteiger partial charge on any atom is 0.315 e. The first kappa shape index (κ1) is 16.2. The fourth-order valence-corrected chi connectivity index (χ4v) is 2.53. The van der Waals surface area contributed by atoms with E-state index in [-0.39, 0.29) is 24.7 Å². The predicted octanol–water partition coefficient (Wildman–Crippen LogP) is 1.32. The third-order valence-electron chi connectivity index (χ3n) is 3.53. The second-order valence-corrected chi connectivity index (χ2v) is 5.65. The number of aliphatic hydroxyl groups is 1. The van der Waals surface area contributed by atoms with Crippen LogP contribution in [0.5, 0.6) is 0 Å². The number of aliphatic hydroxyl groups excluding tert-OH is 1. The van der Waals surface area contributed by atoms with E-state index in [2.05, 4.69) is 15.5 Å². The minimum Gasteiger partial charge on any atom is -0.396 e. The molecule has 2 amide bonds. The van der Waals surface area contributed by atoms with Crippen molar-refractivity contribution in [1.82, 2.24) is 15.5 Å². The van der Waals surface area contributed by atoms with Gasteiger partial charge in [-0.25, -0.2) is 4.79 Å². The number of urea groups is 1. The molecule has 1 aliphatic rings. The topological polar surface area (TPSA) is 64.6 Å². The zero-order chi connectivity index (χ0) is 14.1. The second kappa shape index (κ2) is 9.15. The number of hydrogen-bond donors (Lipinski definition) is 3. The number of amides is 2. The number of nitrogens with one attached hydrogen (secondary N) is 2. The van der Waals surface area contributed by atoms with E-state index in [1.807, 2.05) is 13.8 Å². The maximum atomic E-state index is 11.8. The van der Waals surface area contributed by atoms with Gasteiger partial charge >= 0.3 is 6.03 Å². The number of carbonyl (C=O) groups is 1. The van der Waals surface area contributed by atoms with Gasteiger partial charge in [-0.1, -0.05) is 6.42 Å². The van der Waals surface area contributed by atoms with Crippen LogP contribution in [0.15, 0.2) is 0 Å². The molecule has 1 aliphatic heterocycles. The Hall–Kier alpha value is -0.810. The van der Waals surface area contributed by atoms with E-state index in [1.165, 1.54) is 19.3 Å². The molecule has 1 heterocycles. The van der Waals surface area contributed by atoms with E-state index in [4.69, 9.17) is 5.11 Å². The van der Waals surface area contributed by atoms with Crippen LogP contribution in [0.1, 0.15) is 46.0 Å². The molecular formula is C14H29N3O2. The quantitative estimate of drug-likeness (QED) is 0.654. The lowest BCUT2D eigenvalue weighted by atomic mass is 10.1. The predicted molar refractivity (Wildman–Crippen MR) is 77.2 cm³/mol. The van der Waals surface area contributed by atoms with Crippen LogP contribution in [0.2, 0.25) is 0 Å². The SMILES string of the molecule is CC(CCCO)NC(=O)NC(C)CN1CCCCC1. The van der Waals surface area contributed by atoms with E-state index >= 15 is 0 Å². The number of rotatable bonds is 7. The molecule has 1 saturated heterocycles. The summed E-state index contributed by atoms with van der Waals surface area (Å²) in [5, 5.41) is 14.6. The van der Waals surface area contributed by atoms with Crippen molar-refractivity contribution >= 4 is 6.03 Å². The van der Waals surface area contributed by atoms with Gasteiger partial charge in [0.05, 0.1) is 0 Å². The van der Waals surface area contributed by atoms with Crippen LogP contribution in [0, 0.1) is 0 Å². The first-order chi connectivity index (χ1) is 9.11. The highest BCUT2D eigenvalue weighted by Crippen LogP contribution is 2.08. The van der Waals surface area contributed by atoms with Gasteiger partial charge in [-0.3, -0.25) is 0 Å². The van der Waals surface area contributed by atoms with Gasteiger partial charge in [-0.15, -0.1) is 0 Å². The summed E-state index contributed by atoms with van der Waals surface area (Å²) in [6, 6.07) is 0.174. The third-order valence-corrected chi connectivity index (χ3v) is 3.53. The van der Waals surface area contributed by atoms with Crippen LogP contribution in [0.3, 0.4) is 0 Å². The fraction of sp³-hybridized carbons (Fsp3) is 0.929. The molecule has 0 bridgehead atoms. The molecular weight excluding hydrogens is 242 g/mol. The molecule has 1 fully saturated rings. The average Bonchev–Trinajstić information content (AvgIpc) is 2.37. The summed E-state index contributed by atoms with van der Waals surface area (Å²) in [6.07, 6.45) is 5.42. The van der Waals surface area contributed by atoms with Crippen molar-refractivity contribution in [2.75, 3.05) is 26.2 Å². The number of likely N-dealkylation sites (tertiary alicyclic amines) is 1. The molecule has 5 heteroatoms. The lowest BCUT2D eigenvalue weighted by molar-refractivity contribution is 0.201. The molecule has 0 radical (unpaired) electrons. The first-order valence-electron chi connectivity index (χ1n) is 7.52.